The van der Waals surface area contributed by atoms with Crippen LogP contribution in [0.5, 0.6) is 5.75 Å². The molecule has 3 aromatic rings. The zero-order valence-corrected chi connectivity index (χ0v) is 16.5. The molecule has 7 heteroatoms. The van der Waals surface area contributed by atoms with Crippen LogP contribution in [0.1, 0.15) is 5.56 Å². The highest BCUT2D eigenvalue weighted by molar-refractivity contribution is 7.99. The number of nitrogens with zero attached hydrogens (tertiary/aromatic N) is 2. The third-order valence-electron chi connectivity index (χ3n) is 3.77. The fourth-order valence-corrected chi connectivity index (χ4v) is 3.17. The number of aromatic nitrogens is 2. The van der Waals surface area contributed by atoms with Gasteiger partial charge in [0.05, 0.1) is 24.2 Å². The summed E-state index contributed by atoms with van der Waals surface area (Å²) < 4.78 is 5.22. The summed E-state index contributed by atoms with van der Waals surface area (Å²) in [4.78, 5) is 12.2. The fraction of sp³-hybridized carbons (Fsp3) is 0.150. The SMILES string of the molecule is COc1ccc(Cl)cc1NC(=O)CSc1ccc(-c2ccc(C)cc2)nn1. The van der Waals surface area contributed by atoms with E-state index in [0.29, 0.717) is 21.5 Å². The molecule has 0 bridgehead atoms. The largest absolute Gasteiger partial charge is 0.495 e. The second-order valence-electron chi connectivity index (χ2n) is 5.80. The summed E-state index contributed by atoms with van der Waals surface area (Å²) in [5.41, 5.74) is 3.54. The number of rotatable bonds is 6. The van der Waals surface area contributed by atoms with Crippen LogP contribution in [0.2, 0.25) is 5.02 Å². The standard InChI is InChI=1S/C20H18ClN3O2S/c1-13-3-5-14(6-4-13)16-8-10-20(24-23-16)27-12-19(25)22-17-11-15(21)7-9-18(17)26-2/h3-11H,12H2,1-2H3,(H,22,25). The minimum Gasteiger partial charge on any atom is -0.495 e. The minimum absolute atomic E-state index is 0.176. The Labute approximate surface area is 167 Å². The second kappa shape index (κ2) is 8.88. The van der Waals surface area contributed by atoms with E-state index in [-0.39, 0.29) is 11.7 Å². The van der Waals surface area contributed by atoms with Crippen LogP contribution in [0.3, 0.4) is 0 Å². The monoisotopic (exact) mass is 399 g/mol. The van der Waals surface area contributed by atoms with Gasteiger partial charge in [-0.25, -0.2) is 0 Å². The lowest BCUT2D eigenvalue weighted by molar-refractivity contribution is -0.113. The van der Waals surface area contributed by atoms with E-state index in [1.165, 1.54) is 17.3 Å². The zero-order valence-electron chi connectivity index (χ0n) is 14.9. The van der Waals surface area contributed by atoms with Crippen LogP contribution in [-0.2, 0) is 4.79 Å². The van der Waals surface area contributed by atoms with Crippen LogP contribution in [0.4, 0.5) is 5.69 Å². The molecule has 2 aromatic carbocycles. The first kappa shape index (κ1) is 19.2. The number of ether oxygens (including phenoxy) is 1. The van der Waals surface area contributed by atoms with Crippen LogP contribution in [0.25, 0.3) is 11.3 Å². The summed E-state index contributed by atoms with van der Waals surface area (Å²) >= 11 is 7.29. The molecular weight excluding hydrogens is 382 g/mol. The number of carbonyl (C=O) groups excluding carboxylic acids is 1. The zero-order chi connectivity index (χ0) is 19.2. The number of hydrogen-bond acceptors (Lipinski definition) is 5. The first-order valence-electron chi connectivity index (χ1n) is 8.22. The smallest absolute Gasteiger partial charge is 0.234 e. The summed E-state index contributed by atoms with van der Waals surface area (Å²) in [6, 6.07) is 16.9. The van der Waals surface area contributed by atoms with Gasteiger partial charge in [0, 0.05) is 10.6 Å². The van der Waals surface area contributed by atoms with E-state index in [9.17, 15) is 4.79 Å². The molecule has 1 N–H and O–H groups in total. The highest BCUT2D eigenvalue weighted by Crippen LogP contribution is 2.28. The number of halogens is 1. The molecule has 0 saturated carbocycles. The highest BCUT2D eigenvalue weighted by Gasteiger charge is 2.10. The molecule has 3 rings (SSSR count). The van der Waals surface area contributed by atoms with Gasteiger partial charge in [-0.05, 0) is 37.3 Å². The van der Waals surface area contributed by atoms with Crippen LogP contribution >= 0.6 is 23.4 Å². The van der Waals surface area contributed by atoms with Crippen molar-refractivity contribution in [1.29, 1.82) is 0 Å². The van der Waals surface area contributed by atoms with Gasteiger partial charge in [0.15, 0.2) is 0 Å². The number of nitrogens with one attached hydrogen (secondary N) is 1. The van der Waals surface area contributed by atoms with E-state index in [2.05, 4.69) is 15.5 Å². The molecule has 0 unspecified atom stereocenters. The predicted octanol–water partition coefficient (Wildman–Crippen LogP) is 4.84. The van der Waals surface area contributed by atoms with Gasteiger partial charge in [-0.2, -0.15) is 0 Å². The van der Waals surface area contributed by atoms with E-state index in [4.69, 9.17) is 16.3 Å². The number of thioether (sulfide) groups is 1. The van der Waals surface area contributed by atoms with Crippen molar-refractivity contribution in [2.75, 3.05) is 18.2 Å². The number of benzene rings is 2. The van der Waals surface area contributed by atoms with Crippen molar-refractivity contribution in [2.45, 2.75) is 11.9 Å². The normalized spacial score (nSPS) is 10.5. The van der Waals surface area contributed by atoms with Crippen LogP contribution in [0.15, 0.2) is 59.6 Å². The fourth-order valence-electron chi connectivity index (χ4n) is 2.38. The number of anilines is 1. The molecule has 0 aliphatic heterocycles. The maximum absolute atomic E-state index is 12.2. The second-order valence-corrected chi connectivity index (χ2v) is 7.24. The third kappa shape index (κ3) is 5.21. The van der Waals surface area contributed by atoms with Gasteiger partial charge in [-0.15, -0.1) is 10.2 Å². The molecule has 0 atom stereocenters. The van der Waals surface area contributed by atoms with E-state index >= 15 is 0 Å². The summed E-state index contributed by atoms with van der Waals surface area (Å²) in [7, 11) is 1.54. The lowest BCUT2D eigenvalue weighted by atomic mass is 10.1. The average Bonchev–Trinajstić information content (AvgIpc) is 2.68. The maximum Gasteiger partial charge on any atom is 0.234 e. The minimum atomic E-state index is -0.176. The number of aryl methyl sites for hydroxylation is 1. The topological polar surface area (TPSA) is 64.1 Å². The highest BCUT2D eigenvalue weighted by atomic mass is 35.5. The van der Waals surface area contributed by atoms with Gasteiger partial charge in [0.25, 0.3) is 0 Å². The Hall–Kier alpha value is -2.57. The van der Waals surface area contributed by atoms with Gasteiger partial charge in [0.2, 0.25) is 5.91 Å². The number of methoxy groups -OCH3 is 1. The lowest BCUT2D eigenvalue weighted by Gasteiger charge is -2.10. The molecule has 0 spiro atoms. The average molecular weight is 400 g/mol. The lowest BCUT2D eigenvalue weighted by Crippen LogP contribution is -2.14. The molecule has 0 fully saturated rings. The molecule has 27 heavy (non-hydrogen) atoms. The molecule has 0 aliphatic carbocycles. The summed E-state index contributed by atoms with van der Waals surface area (Å²) in [6.45, 7) is 2.04. The predicted molar refractivity (Wildman–Crippen MR) is 110 cm³/mol. The van der Waals surface area contributed by atoms with E-state index in [1.54, 1.807) is 25.3 Å². The maximum atomic E-state index is 12.2. The number of amides is 1. The Morgan fingerprint density at radius 1 is 1.11 bits per heavy atom. The molecule has 5 nitrogen and oxygen atoms in total. The van der Waals surface area contributed by atoms with Gasteiger partial charge in [-0.3, -0.25) is 4.79 Å². The Morgan fingerprint density at radius 3 is 2.56 bits per heavy atom. The quantitative estimate of drug-likeness (QED) is 0.600. The van der Waals surface area contributed by atoms with Crippen molar-refractivity contribution in [3.05, 3.63) is 65.2 Å². The molecule has 1 amide bonds. The van der Waals surface area contributed by atoms with Gasteiger partial charge >= 0.3 is 0 Å². The molecule has 1 heterocycles. The Balaban J connectivity index is 1.59. The molecule has 1 aromatic heterocycles. The van der Waals surface area contributed by atoms with Gasteiger partial charge in [-0.1, -0.05) is 53.2 Å². The van der Waals surface area contributed by atoms with Crippen LogP contribution in [-0.4, -0.2) is 29.0 Å². The Kier molecular flexibility index (Phi) is 6.32. The molecule has 0 saturated heterocycles. The summed E-state index contributed by atoms with van der Waals surface area (Å²) in [5.74, 6) is 0.582. The van der Waals surface area contributed by atoms with Crippen molar-refractivity contribution in [1.82, 2.24) is 10.2 Å². The van der Waals surface area contributed by atoms with E-state index in [1.807, 2.05) is 43.3 Å². The third-order valence-corrected chi connectivity index (χ3v) is 4.93. The number of carbonyl (C=O) groups is 1. The van der Waals surface area contributed by atoms with Gasteiger partial charge < -0.3 is 10.1 Å². The van der Waals surface area contributed by atoms with E-state index in [0.717, 1.165) is 11.3 Å². The first-order valence-corrected chi connectivity index (χ1v) is 9.58. The first-order chi connectivity index (χ1) is 13.0. The van der Waals surface area contributed by atoms with Crippen molar-refractivity contribution in [3.8, 4) is 17.0 Å². The number of hydrogen-bond donors (Lipinski definition) is 1. The molecule has 138 valence electrons. The van der Waals surface area contributed by atoms with Crippen LogP contribution < -0.4 is 10.1 Å². The van der Waals surface area contributed by atoms with E-state index < -0.39 is 0 Å². The van der Waals surface area contributed by atoms with Crippen LogP contribution in [0, 0.1) is 6.92 Å². The molecule has 0 radical (unpaired) electrons. The summed E-state index contributed by atoms with van der Waals surface area (Å²) in [6.07, 6.45) is 0. The van der Waals surface area contributed by atoms with Crippen molar-refractivity contribution < 1.29 is 9.53 Å². The Morgan fingerprint density at radius 2 is 1.89 bits per heavy atom. The van der Waals surface area contributed by atoms with Crippen molar-refractivity contribution >= 4 is 35.0 Å². The van der Waals surface area contributed by atoms with Gasteiger partial charge in [0.1, 0.15) is 10.8 Å². The molecular formula is C20H18ClN3O2S. The molecule has 0 aliphatic rings. The Bertz CT molecular complexity index is 931. The van der Waals surface area contributed by atoms with Crippen molar-refractivity contribution in [2.24, 2.45) is 0 Å². The summed E-state index contributed by atoms with van der Waals surface area (Å²) in [5, 5.41) is 12.4. The van der Waals surface area contributed by atoms with Crippen molar-refractivity contribution in [3.63, 3.8) is 0 Å².